The van der Waals surface area contributed by atoms with Gasteiger partial charge in [0.05, 0.1) is 5.38 Å². The predicted octanol–water partition coefficient (Wildman–Crippen LogP) is 4.40. The van der Waals surface area contributed by atoms with Crippen molar-refractivity contribution in [3.63, 3.8) is 0 Å². The van der Waals surface area contributed by atoms with Gasteiger partial charge in [-0.05, 0) is 24.6 Å². The summed E-state index contributed by atoms with van der Waals surface area (Å²) in [5, 5.41) is 0.678. The number of hydrogen-bond acceptors (Lipinski definition) is 0. The molecule has 0 N–H and O–H groups in total. The fourth-order valence-corrected chi connectivity index (χ4v) is 1.91. The Morgan fingerprint density at radius 2 is 2.09 bits per heavy atom. The van der Waals surface area contributed by atoms with Gasteiger partial charge >= 0.3 is 0 Å². The molecule has 0 aliphatic heterocycles. The second kappa shape index (κ2) is 3.79. The molecule has 0 saturated carbocycles. The lowest BCUT2D eigenvalue weighted by molar-refractivity contribution is 1.08. The molecular formula is C8H7BrCl2. The third-order valence-corrected chi connectivity index (χ3v) is 2.45. The van der Waals surface area contributed by atoms with Crippen LogP contribution in [0.2, 0.25) is 5.02 Å². The Labute approximate surface area is 84.6 Å². The molecule has 1 rings (SSSR count). The van der Waals surface area contributed by atoms with Crippen molar-refractivity contribution in [2.75, 3.05) is 0 Å². The summed E-state index contributed by atoms with van der Waals surface area (Å²) in [6.07, 6.45) is 0. The van der Waals surface area contributed by atoms with E-state index in [0.717, 1.165) is 10.0 Å². The average Bonchev–Trinajstić information content (AvgIpc) is 1.85. The molecule has 1 aromatic carbocycles. The van der Waals surface area contributed by atoms with Gasteiger partial charge in [0.25, 0.3) is 0 Å². The van der Waals surface area contributed by atoms with Crippen molar-refractivity contribution in [2.24, 2.45) is 0 Å². The largest absolute Gasteiger partial charge is 0.118 e. The Balaban J connectivity index is 3.09. The van der Waals surface area contributed by atoms with Gasteiger partial charge in [-0.25, -0.2) is 0 Å². The molecule has 60 valence electrons. The highest BCUT2D eigenvalue weighted by Crippen LogP contribution is 2.29. The third kappa shape index (κ3) is 2.36. The average molecular weight is 254 g/mol. The standard InChI is InChI=1S/C8H7BrCl2/c1-5(10)7-3-2-6(9)4-8(7)11/h2-5H,1H3. The molecule has 0 heterocycles. The predicted molar refractivity (Wildman–Crippen MR) is 53.4 cm³/mol. The van der Waals surface area contributed by atoms with Crippen LogP contribution < -0.4 is 0 Å². The topological polar surface area (TPSA) is 0 Å². The minimum atomic E-state index is -0.0319. The van der Waals surface area contributed by atoms with Gasteiger partial charge in [0.15, 0.2) is 0 Å². The number of hydrogen-bond donors (Lipinski definition) is 0. The van der Waals surface area contributed by atoms with E-state index in [1.807, 2.05) is 25.1 Å². The fraction of sp³-hybridized carbons (Fsp3) is 0.250. The molecule has 0 amide bonds. The van der Waals surface area contributed by atoms with Gasteiger partial charge in [-0.1, -0.05) is 33.6 Å². The summed E-state index contributed by atoms with van der Waals surface area (Å²) in [7, 11) is 0. The molecule has 0 aliphatic carbocycles. The van der Waals surface area contributed by atoms with Gasteiger partial charge in [0, 0.05) is 9.50 Å². The monoisotopic (exact) mass is 252 g/mol. The van der Waals surface area contributed by atoms with E-state index in [2.05, 4.69) is 15.9 Å². The van der Waals surface area contributed by atoms with Gasteiger partial charge in [-0.15, -0.1) is 11.6 Å². The second-order valence-corrected chi connectivity index (χ2v) is 4.26. The van der Waals surface area contributed by atoms with Crippen molar-refractivity contribution >= 4 is 39.1 Å². The maximum atomic E-state index is 5.91. The van der Waals surface area contributed by atoms with Crippen LogP contribution in [0, 0.1) is 0 Å². The molecule has 0 bridgehead atoms. The Bertz CT molecular complexity index is 258. The Morgan fingerprint density at radius 1 is 1.45 bits per heavy atom. The minimum absolute atomic E-state index is 0.0319. The molecule has 0 fully saturated rings. The summed E-state index contributed by atoms with van der Waals surface area (Å²) in [6, 6.07) is 5.69. The molecule has 3 heteroatoms. The fourth-order valence-electron chi connectivity index (χ4n) is 0.824. The van der Waals surface area contributed by atoms with Crippen molar-refractivity contribution in [1.82, 2.24) is 0 Å². The normalized spacial score (nSPS) is 13.1. The van der Waals surface area contributed by atoms with Crippen LogP contribution >= 0.6 is 39.1 Å². The zero-order valence-corrected chi connectivity index (χ0v) is 9.04. The molecule has 1 unspecified atom stereocenters. The highest BCUT2D eigenvalue weighted by atomic mass is 79.9. The van der Waals surface area contributed by atoms with Gasteiger partial charge in [-0.3, -0.25) is 0 Å². The first-order chi connectivity index (χ1) is 5.11. The lowest BCUT2D eigenvalue weighted by Crippen LogP contribution is -1.84. The highest BCUT2D eigenvalue weighted by Gasteiger charge is 2.05. The van der Waals surface area contributed by atoms with E-state index in [-0.39, 0.29) is 5.38 Å². The molecule has 1 aromatic rings. The first-order valence-electron chi connectivity index (χ1n) is 3.20. The molecule has 0 radical (unpaired) electrons. The van der Waals surface area contributed by atoms with E-state index in [0.29, 0.717) is 5.02 Å². The smallest absolute Gasteiger partial charge is 0.0571 e. The quantitative estimate of drug-likeness (QED) is 0.651. The summed E-state index contributed by atoms with van der Waals surface area (Å²) in [6.45, 7) is 1.90. The maximum Gasteiger partial charge on any atom is 0.0571 e. The van der Waals surface area contributed by atoms with Gasteiger partial charge in [0.1, 0.15) is 0 Å². The van der Waals surface area contributed by atoms with Crippen molar-refractivity contribution in [2.45, 2.75) is 12.3 Å². The molecule has 0 aliphatic rings. The zero-order chi connectivity index (χ0) is 8.43. The van der Waals surface area contributed by atoms with Crippen LogP contribution in [-0.4, -0.2) is 0 Å². The van der Waals surface area contributed by atoms with Gasteiger partial charge < -0.3 is 0 Å². The van der Waals surface area contributed by atoms with Crippen LogP contribution in [0.1, 0.15) is 17.9 Å². The summed E-state index contributed by atoms with van der Waals surface area (Å²) in [4.78, 5) is 0. The lowest BCUT2D eigenvalue weighted by Gasteiger charge is -2.05. The van der Waals surface area contributed by atoms with Crippen LogP contribution in [0.4, 0.5) is 0 Å². The summed E-state index contributed by atoms with van der Waals surface area (Å²) in [5.41, 5.74) is 0.969. The van der Waals surface area contributed by atoms with Crippen LogP contribution in [0.3, 0.4) is 0 Å². The lowest BCUT2D eigenvalue weighted by atomic mass is 10.2. The van der Waals surface area contributed by atoms with E-state index in [9.17, 15) is 0 Å². The van der Waals surface area contributed by atoms with E-state index >= 15 is 0 Å². The molecular weight excluding hydrogens is 247 g/mol. The van der Waals surface area contributed by atoms with Crippen LogP contribution in [-0.2, 0) is 0 Å². The van der Waals surface area contributed by atoms with E-state index in [1.54, 1.807) is 0 Å². The first kappa shape index (κ1) is 9.37. The number of benzene rings is 1. The highest BCUT2D eigenvalue weighted by molar-refractivity contribution is 9.10. The Kier molecular flexibility index (Phi) is 3.23. The molecule has 0 nitrogen and oxygen atoms in total. The van der Waals surface area contributed by atoms with Gasteiger partial charge in [-0.2, -0.15) is 0 Å². The second-order valence-electron chi connectivity index (χ2n) is 2.28. The van der Waals surface area contributed by atoms with E-state index < -0.39 is 0 Å². The Hall–Kier alpha value is 0.280. The first-order valence-corrected chi connectivity index (χ1v) is 4.81. The van der Waals surface area contributed by atoms with Crippen molar-refractivity contribution in [3.8, 4) is 0 Å². The van der Waals surface area contributed by atoms with E-state index in [1.165, 1.54) is 0 Å². The van der Waals surface area contributed by atoms with Crippen LogP contribution in [0.5, 0.6) is 0 Å². The van der Waals surface area contributed by atoms with E-state index in [4.69, 9.17) is 23.2 Å². The van der Waals surface area contributed by atoms with Crippen molar-refractivity contribution in [1.29, 1.82) is 0 Å². The van der Waals surface area contributed by atoms with Gasteiger partial charge in [0.2, 0.25) is 0 Å². The number of halogens is 3. The molecule has 0 spiro atoms. The number of rotatable bonds is 1. The van der Waals surface area contributed by atoms with Crippen molar-refractivity contribution < 1.29 is 0 Å². The van der Waals surface area contributed by atoms with Crippen LogP contribution in [0.25, 0.3) is 0 Å². The Morgan fingerprint density at radius 3 is 2.55 bits per heavy atom. The maximum absolute atomic E-state index is 5.91. The third-order valence-electron chi connectivity index (χ3n) is 1.39. The summed E-state index contributed by atoms with van der Waals surface area (Å²) < 4.78 is 0.976. The molecule has 0 saturated heterocycles. The summed E-state index contributed by atoms with van der Waals surface area (Å²) >= 11 is 15.1. The summed E-state index contributed by atoms with van der Waals surface area (Å²) in [5.74, 6) is 0. The minimum Gasteiger partial charge on any atom is -0.118 e. The SMILES string of the molecule is CC(Cl)c1ccc(Br)cc1Cl. The number of alkyl halides is 1. The molecule has 0 aromatic heterocycles. The van der Waals surface area contributed by atoms with Crippen LogP contribution in [0.15, 0.2) is 22.7 Å². The zero-order valence-electron chi connectivity index (χ0n) is 5.94. The molecule has 11 heavy (non-hydrogen) atoms. The van der Waals surface area contributed by atoms with Crippen molar-refractivity contribution in [3.05, 3.63) is 33.3 Å². The molecule has 1 atom stereocenters.